The third kappa shape index (κ3) is 4.22. The molecule has 2 unspecified atom stereocenters. The van der Waals surface area contributed by atoms with Crippen molar-refractivity contribution in [3.8, 4) is 0 Å². The predicted octanol–water partition coefficient (Wildman–Crippen LogP) is 2.11. The van der Waals surface area contributed by atoms with Gasteiger partial charge in [-0.3, -0.25) is 14.5 Å². The van der Waals surface area contributed by atoms with Crippen LogP contribution in [0, 0.1) is 17.8 Å². The fourth-order valence-corrected chi connectivity index (χ4v) is 3.78. The van der Waals surface area contributed by atoms with Crippen LogP contribution in [0.4, 0.5) is 0 Å². The fraction of sp³-hybridized carbons (Fsp3) is 0.882. The van der Waals surface area contributed by atoms with Crippen molar-refractivity contribution < 1.29 is 14.7 Å². The lowest BCUT2D eigenvalue weighted by molar-refractivity contribution is -0.149. The Bertz CT molecular complexity index is 411. The van der Waals surface area contributed by atoms with Crippen LogP contribution in [0.15, 0.2) is 0 Å². The van der Waals surface area contributed by atoms with E-state index in [1.165, 1.54) is 0 Å². The maximum Gasteiger partial charge on any atom is 0.316 e. The fourth-order valence-electron chi connectivity index (χ4n) is 3.78. The monoisotopic (exact) mass is 310 g/mol. The number of hydrogen-bond donors (Lipinski definition) is 2. The van der Waals surface area contributed by atoms with E-state index >= 15 is 0 Å². The highest BCUT2D eigenvalue weighted by Crippen LogP contribution is 2.32. The van der Waals surface area contributed by atoms with E-state index in [0.717, 1.165) is 45.2 Å². The number of hydrogen-bond acceptors (Lipinski definition) is 3. The quantitative estimate of drug-likeness (QED) is 0.763. The van der Waals surface area contributed by atoms with Crippen molar-refractivity contribution in [3.05, 3.63) is 0 Å². The summed E-state index contributed by atoms with van der Waals surface area (Å²) in [4.78, 5) is 26.2. The Morgan fingerprint density at radius 2 is 1.86 bits per heavy atom. The molecule has 5 nitrogen and oxygen atoms in total. The highest BCUT2D eigenvalue weighted by Gasteiger charge is 2.37. The first-order valence-electron chi connectivity index (χ1n) is 8.54. The minimum Gasteiger partial charge on any atom is -0.481 e. The Labute approximate surface area is 133 Å². The number of carbonyl (C=O) groups excluding carboxylic acids is 1. The maximum absolute atomic E-state index is 12.3. The predicted molar refractivity (Wildman–Crippen MR) is 85.5 cm³/mol. The second-order valence-corrected chi connectivity index (χ2v) is 7.88. The molecule has 126 valence electrons. The molecule has 0 radical (unpaired) electrons. The van der Waals surface area contributed by atoms with E-state index in [1.807, 2.05) is 0 Å². The first-order valence-corrected chi connectivity index (χ1v) is 8.54. The number of carboxylic acids is 1. The van der Waals surface area contributed by atoms with Crippen LogP contribution in [0.3, 0.4) is 0 Å². The lowest BCUT2D eigenvalue weighted by atomic mass is 9.90. The normalized spacial score (nSPS) is 25.3. The zero-order chi connectivity index (χ0) is 16.3. The summed E-state index contributed by atoms with van der Waals surface area (Å²) in [5.74, 6) is -1.66. The number of carbonyl (C=O) groups is 2. The Morgan fingerprint density at radius 3 is 2.36 bits per heavy atom. The van der Waals surface area contributed by atoms with Gasteiger partial charge in [0.15, 0.2) is 0 Å². The second kappa shape index (κ2) is 6.99. The molecular formula is C17H30N2O3. The van der Waals surface area contributed by atoms with Gasteiger partial charge in [-0.05, 0) is 58.4 Å². The van der Waals surface area contributed by atoms with E-state index in [2.05, 4.69) is 31.0 Å². The van der Waals surface area contributed by atoms with Crippen LogP contribution in [-0.2, 0) is 9.59 Å². The van der Waals surface area contributed by atoms with Gasteiger partial charge in [-0.25, -0.2) is 0 Å². The molecular weight excluding hydrogens is 280 g/mol. The summed E-state index contributed by atoms with van der Waals surface area (Å²) in [5, 5.41) is 12.3. The lowest BCUT2D eigenvalue weighted by Gasteiger charge is -2.31. The van der Waals surface area contributed by atoms with Crippen LogP contribution in [0.1, 0.15) is 52.9 Å². The molecule has 0 aromatic rings. The van der Waals surface area contributed by atoms with Crippen molar-refractivity contribution in [1.29, 1.82) is 0 Å². The average Bonchev–Trinajstić information content (AvgIpc) is 3.06. The number of nitrogens with one attached hydrogen (secondary N) is 1. The van der Waals surface area contributed by atoms with Gasteiger partial charge in [0.1, 0.15) is 5.92 Å². The van der Waals surface area contributed by atoms with Crippen LogP contribution in [0.5, 0.6) is 0 Å². The molecule has 2 aliphatic rings. The highest BCUT2D eigenvalue weighted by atomic mass is 16.4. The topological polar surface area (TPSA) is 69.6 Å². The molecule has 1 aliphatic carbocycles. The van der Waals surface area contributed by atoms with Gasteiger partial charge >= 0.3 is 5.97 Å². The van der Waals surface area contributed by atoms with Crippen molar-refractivity contribution in [1.82, 2.24) is 10.2 Å². The van der Waals surface area contributed by atoms with E-state index in [9.17, 15) is 14.7 Å². The Kier molecular flexibility index (Phi) is 5.48. The average molecular weight is 310 g/mol. The highest BCUT2D eigenvalue weighted by molar-refractivity contribution is 5.97. The first-order chi connectivity index (χ1) is 10.3. The van der Waals surface area contributed by atoms with Crippen molar-refractivity contribution in [2.45, 2.75) is 58.4 Å². The van der Waals surface area contributed by atoms with Crippen LogP contribution < -0.4 is 5.32 Å². The van der Waals surface area contributed by atoms with Crippen molar-refractivity contribution in [2.24, 2.45) is 17.8 Å². The van der Waals surface area contributed by atoms with Gasteiger partial charge in [0.05, 0.1) is 0 Å². The number of amides is 1. The maximum atomic E-state index is 12.3. The van der Waals surface area contributed by atoms with Crippen LogP contribution >= 0.6 is 0 Å². The van der Waals surface area contributed by atoms with Crippen LogP contribution in [-0.4, -0.2) is 47.1 Å². The van der Waals surface area contributed by atoms with Gasteiger partial charge in [0.2, 0.25) is 5.91 Å². The Hall–Kier alpha value is -1.10. The summed E-state index contributed by atoms with van der Waals surface area (Å²) in [6.45, 7) is 9.24. The molecule has 0 spiro atoms. The molecule has 1 amide bonds. The minimum absolute atomic E-state index is 0.0205. The van der Waals surface area contributed by atoms with E-state index in [1.54, 1.807) is 0 Å². The van der Waals surface area contributed by atoms with E-state index < -0.39 is 11.9 Å². The molecule has 0 aromatic heterocycles. The molecule has 0 aromatic carbocycles. The molecule has 5 heteroatoms. The first kappa shape index (κ1) is 17.3. The molecule has 0 bridgehead atoms. The van der Waals surface area contributed by atoms with Crippen LogP contribution in [0.25, 0.3) is 0 Å². The van der Waals surface area contributed by atoms with Gasteiger partial charge < -0.3 is 10.4 Å². The molecule has 22 heavy (non-hydrogen) atoms. The second-order valence-electron chi connectivity index (χ2n) is 7.88. The number of nitrogens with zero attached hydrogens (tertiary/aromatic N) is 1. The molecule has 1 aliphatic heterocycles. The summed E-state index contributed by atoms with van der Waals surface area (Å²) >= 11 is 0. The van der Waals surface area contributed by atoms with Crippen LogP contribution in [0.2, 0.25) is 0 Å². The van der Waals surface area contributed by atoms with Gasteiger partial charge in [-0.2, -0.15) is 0 Å². The smallest absolute Gasteiger partial charge is 0.316 e. The largest absolute Gasteiger partial charge is 0.481 e. The Balaban J connectivity index is 1.83. The summed E-state index contributed by atoms with van der Waals surface area (Å²) in [5.41, 5.74) is 0.159. The molecule has 2 N–H and O–H groups in total. The van der Waals surface area contributed by atoms with Gasteiger partial charge in [0.25, 0.3) is 0 Å². The molecule has 2 rings (SSSR count). The lowest BCUT2D eigenvalue weighted by Crippen LogP contribution is -2.43. The Morgan fingerprint density at radius 1 is 1.23 bits per heavy atom. The van der Waals surface area contributed by atoms with Crippen molar-refractivity contribution in [3.63, 3.8) is 0 Å². The summed E-state index contributed by atoms with van der Waals surface area (Å²) in [7, 11) is 0. The standard InChI is InChI=1S/C17H30N2O3/c1-17(2,3)19-9-8-12(11-19)10-18-15(20)14(16(21)22)13-6-4-5-7-13/h12-14H,4-11H2,1-3H3,(H,18,20)(H,21,22). The van der Waals surface area contributed by atoms with Crippen molar-refractivity contribution >= 4 is 11.9 Å². The summed E-state index contributed by atoms with van der Waals surface area (Å²) < 4.78 is 0. The SMILES string of the molecule is CC(C)(C)N1CCC(CNC(=O)C(C(=O)O)C2CCCC2)C1. The third-order valence-electron chi connectivity index (χ3n) is 5.22. The summed E-state index contributed by atoms with van der Waals surface area (Å²) in [6, 6.07) is 0. The third-order valence-corrected chi connectivity index (χ3v) is 5.22. The van der Waals surface area contributed by atoms with Gasteiger partial charge in [-0.1, -0.05) is 12.8 Å². The molecule has 2 fully saturated rings. The molecule has 1 heterocycles. The zero-order valence-electron chi connectivity index (χ0n) is 14.1. The summed E-state index contributed by atoms with van der Waals surface area (Å²) in [6.07, 6.45) is 4.89. The number of aliphatic carboxylic acids is 1. The number of rotatable bonds is 5. The van der Waals surface area contributed by atoms with Gasteiger partial charge in [0, 0.05) is 18.6 Å². The molecule has 1 saturated heterocycles. The van der Waals surface area contributed by atoms with E-state index in [0.29, 0.717) is 12.5 Å². The number of carboxylic acid groups (broad SMARTS) is 1. The minimum atomic E-state index is -0.966. The molecule has 2 atom stereocenters. The molecule has 1 saturated carbocycles. The van der Waals surface area contributed by atoms with E-state index in [-0.39, 0.29) is 17.4 Å². The van der Waals surface area contributed by atoms with Crippen molar-refractivity contribution in [2.75, 3.05) is 19.6 Å². The van der Waals surface area contributed by atoms with Gasteiger partial charge in [-0.15, -0.1) is 0 Å². The number of likely N-dealkylation sites (tertiary alicyclic amines) is 1. The van der Waals surface area contributed by atoms with E-state index in [4.69, 9.17) is 0 Å². The zero-order valence-corrected chi connectivity index (χ0v) is 14.1.